The summed E-state index contributed by atoms with van der Waals surface area (Å²) in [4.78, 5) is 24.9. The highest BCUT2D eigenvalue weighted by atomic mass is 16.5. The van der Waals surface area contributed by atoms with Crippen molar-refractivity contribution in [3.8, 4) is 0 Å². The van der Waals surface area contributed by atoms with E-state index >= 15 is 0 Å². The standard InChI is InChI=1S/C12H20N2O3/c1-12(3-6-17-7-4-12)9-14-5-2-10(15)13-8-11(14)16/h2-9H2,1H3,(H,13,15). The smallest absolute Gasteiger partial charge is 0.241 e. The molecule has 96 valence electrons. The summed E-state index contributed by atoms with van der Waals surface area (Å²) in [5, 5.41) is 2.62. The predicted molar refractivity (Wildman–Crippen MR) is 62.4 cm³/mol. The highest BCUT2D eigenvalue weighted by molar-refractivity contribution is 5.87. The van der Waals surface area contributed by atoms with Gasteiger partial charge >= 0.3 is 0 Å². The summed E-state index contributed by atoms with van der Waals surface area (Å²) in [6.45, 7) is 5.17. The van der Waals surface area contributed by atoms with Crippen molar-refractivity contribution in [3.63, 3.8) is 0 Å². The van der Waals surface area contributed by atoms with Crippen LogP contribution in [0.15, 0.2) is 0 Å². The van der Waals surface area contributed by atoms with E-state index in [4.69, 9.17) is 4.74 Å². The first-order valence-corrected chi connectivity index (χ1v) is 6.21. The molecule has 1 N–H and O–H groups in total. The lowest BCUT2D eigenvalue weighted by atomic mass is 9.82. The average Bonchev–Trinajstić information content (AvgIpc) is 2.45. The maximum absolute atomic E-state index is 11.9. The monoisotopic (exact) mass is 240 g/mol. The molecule has 0 bridgehead atoms. The summed E-state index contributed by atoms with van der Waals surface area (Å²) < 4.78 is 5.35. The minimum atomic E-state index is -0.0296. The SMILES string of the molecule is CC1(CN2CCC(=O)NCC2=O)CCOCC1. The van der Waals surface area contributed by atoms with Crippen LogP contribution >= 0.6 is 0 Å². The Bertz CT molecular complexity index is 311. The molecule has 2 saturated heterocycles. The van der Waals surface area contributed by atoms with Crippen LogP contribution in [0.5, 0.6) is 0 Å². The first kappa shape index (κ1) is 12.4. The van der Waals surface area contributed by atoms with Crippen molar-refractivity contribution < 1.29 is 14.3 Å². The van der Waals surface area contributed by atoms with Gasteiger partial charge in [-0.1, -0.05) is 6.92 Å². The Morgan fingerprint density at radius 1 is 1.35 bits per heavy atom. The van der Waals surface area contributed by atoms with E-state index in [9.17, 15) is 9.59 Å². The van der Waals surface area contributed by atoms with Crippen LogP contribution in [-0.2, 0) is 14.3 Å². The van der Waals surface area contributed by atoms with Crippen molar-refractivity contribution in [3.05, 3.63) is 0 Å². The molecule has 0 aliphatic carbocycles. The molecule has 0 spiro atoms. The van der Waals surface area contributed by atoms with Gasteiger partial charge in [-0.2, -0.15) is 0 Å². The van der Waals surface area contributed by atoms with Crippen LogP contribution in [0.25, 0.3) is 0 Å². The largest absolute Gasteiger partial charge is 0.381 e. The van der Waals surface area contributed by atoms with Gasteiger partial charge in [-0.15, -0.1) is 0 Å². The Labute approximate surface area is 101 Å². The fourth-order valence-corrected chi connectivity index (χ4v) is 2.39. The van der Waals surface area contributed by atoms with E-state index in [1.54, 1.807) is 0 Å². The van der Waals surface area contributed by atoms with Crippen molar-refractivity contribution >= 4 is 11.8 Å². The molecule has 0 aromatic carbocycles. The molecule has 2 aliphatic rings. The van der Waals surface area contributed by atoms with Gasteiger partial charge in [-0.3, -0.25) is 9.59 Å². The topological polar surface area (TPSA) is 58.6 Å². The number of amides is 2. The molecule has 2 aliphatic heterocycles. The second-order valence-electron chi connectivity index (χ2n) is 5.27. The van der Waals surface area contributed by atoms with Crippen molar-refractivity contribution in [1.82, 2.24) is 10.2 Å². The van der Waals surface area contributed by atoms with Crippen molar-refractivity contribution in [1.29, 1.82) is 0 Å². The zero-order valence-corrected chi connectivity index (χ0v) is 10.3. The van der Waals surface area contributed by atoms with Crippen LogP contribution in [0.3, 0.4) is 0 Å². The van der Waals surface area contributed by atoms with Gasteiger partial charge in [0.25, 0.3) is 0 Å². The van der Waals surface area contributed by atoms with E-state index in [2.05, 4.69) is 12.2 Å². The first-order chi connectivity index (χ1) is 8.09. The van der Waals surface area contributed by atoms with Gasteiger partial charge in [0, 0.05) is 32.7 Å². The van der Waals surface area contributed by atoms with Crippen LogP contribution < -0.4 is 5.32 Å². The summed E-state index contributed by atoms with van der Waals surface area (Å²) in [6, 6.07) is 0. The third kappa shape index (κ3) is 3.19. The van der Waals surface area contributed by atoms with Gasteiger partial charge < -0.3 is 15.0 Å². The molecule has 2 fully saturated rings. The fourth-order valence-electron chi connectivity index (χ4n) is 2.39. The molecular formula is C12H20N2O3. The molecule has 17 heavy (non-hydrogen) atoms. The quantitative estimate of drug-likeness (QED) is 0.747. The predicted octanol–water partition coefficient (Wildman–Crippen LogP) is 0.152. The fraction of sp³-hybridized carbons (Fsp3) is 0.833. The maximum Gasteiger partial charge on any atom is 0.241 e. The molecule has 0 aromatic rings. The Kier molecular flexibility index (Phi) is 3.66. The molecule has 0 aromatic heterocycles. The summed E-state index contributed by atoms with van der Waals surface area (Å²) in [6.07, 6.45) is 2.38. The molecule has 5 heteroatoms. The average molecular weight is 240 g/mol. The lowest BCUT2D eigenvalue weighted by Gasteiger charge is -2.37. The van der Waals surface area contributed by atoms with E-state index in [1.807, 2.05) is 4.90 Å². The number of nitrogens with one attached hydrogen (secondary N) is 1. The van der Waals surface area contributed by atoms with Gasteiger partial charge in [0.05, 0.1) is 6.54 Å². The van der Waals surface area contributed by atoms with Crippen molar-refractivity contribution in [2.45, 2.75) is 26.2 Å². The summed E-state index contributed by atoms with van der Waals surface area (Å²) in [5.41, 5.74) is 0.140. The van der Waals surface area contributed by atoms with E-state index in [-0.39, 0.29) is 23.8 Å². The van der Waals surface area contributed by atoms with Gasteiger partial charge in [0.15, 0.2) is 0 Å². The highest BCUT2D eigenvalue weighted by Crippen LogP contribution is 2.30. The molecule has 0 atom stereocenters. The van der Waals surface area contributed by atoms with Crippen LogP contribution in [0, 0.1) is 5.41 Å². The van der Waals surface area contributed by atoms with E-state index in [0.29, 0.717) is 13.0 Å². The third-order valence-electron chi connectivity index (χ3n) is 3.67. The molecule has 2 rings (SSSR count). The molecule has 0 unspecified atom stereocenters. The minimum Gasteiger partial charge on any atom is -0.381 e. The Morgan fingerprint density at radius 3 is 2.76 bits per heavy atom. The zero-order chi connectivity index (χ0) is 12.3. The summed E-state index contributed by atoms with van der Waals surface area (Å²) in [7, 11) is 0. The number of nitrogens with zero attached hydrogens (tertiary/aromatic N) is 1. The maximum atomic E-state index is 11.9. The lowest BCUT2D eigenvalue weighted by molar-refractivity contribution is -0.132. The highest BCUT2D eigenvalue weighted by Gasteiger charge is 2.32. The van der Waals surface area contributed by atoms with Crippen molar-refractivity contribution in [2.75, 3.05) is 32.8 Å². The number of ether oxygens (including phenoxy) is 1. The van der Waals surface area contributed by atoms with Gasteiger partial charge in [-0.05, 0) is 18.3 Å². The second kappa shape index (κ2) is 5.04. The molecule has 2 amide bonds. The third-order valence-corrected chi connectivity index (χ3v) is 3.67. The second-order valence-corrected chi connectivity index (χ2v) is 5.27. The molecule has 0 saturated carbocycles. The van der Waals surface area contributed by atoms with Gasteiger partial charge in [-0.25, -0.2) is 0 Å². The molecule has 0 radical (unpaired) electrons. The van der Waals surface area contributed by atoms with E-state index < -0.39 is 0 Å². The minimum absolute atomic E-state index is 0.0296. The number of rotatable bonds is 2. The van der Waals surface area contributed by atoms with Crippen LogP contribution in [0.4, 0.5) is 0 Å². The Hall–Kier alpha value is -1.10. The first-order valence-electron chi connectivity index (χ1n) is 6.21. The van der Waals surface area contributed by atoms with E-state index in [0.717, 1.165) is 32.6 Å². The summed E-state index contributed by atoms with van der Waals surface area (Å²) in [5.74, 6) is 0.00143. The lowest BCUT2D eigenvalue weighted by Crippen LogP contribution is -2.44. The molecule has 5 nitrogen and oxygen atoms in total. The van der Waals surface area contributed by atoms with Crippen LogP contribution in [0.2, 0.25) is 0 Å². The summed E-state index contributed by atoms with van der Waals surface area (Å²) >= 11 is 0. The number of hydrogen-bond donors (Lipinski definition) is 1. The molecule has 2 heterocycles. The number of carbonyl (C=O) groups is 2. The van der Waals surface area contributed by atoms with Gasteiger partial charge in [0.1, 0.15) is 0 Å². The van der Waals surface area contributed by atoms with Crippen molar-refractivity contribution in [2.24, 2.45) is 5.41 Å². The Morgan fingerprint density at radius 2 is 2.06 bits per heavy atom. The van der Waals surface area contributed by atoms with Crippen LogP contribution in [0.1, 0.15) is 26.2 Å². The zero-order valence-electron chi connectivity index (χ0n) is 10.3. The van der Waals surface area contributed by atoms with E-state index in [1.165, 1.54) is 0 Å². The number of hydrogen-bond acceptors (Lipinski definition) is 3. The normalized spacial score (nSPS) is 25.4. The van der Waals surface area contributed by atoms with Crippen LogP contribution in [-0.4, -0.2) is 49.6 Å². The van der Waals surface area contributed by atoms with Gasteiger partial charge in [0.2, 0.25) is 11.8 Å². The number of carbonyl (C=O) groups excluding carboxylic acids is 2. The molecular weight excluding hydrogens is 220 g/mol. The Balaban J connectivity index is 1.96.